The van der Waals surface area contributed by atoms with Gasteiger partial charge in [-0.15, -0.1) is 0 Å². The number of fused-ring (bicyclic) bond motifs is 1. The van der Waals surface area contributed by atoms with Gasteiger partial charge in [0.05, 0.1) is 18.4 Å². The maximum absolute atomic E-state index is 11.5. The number of ether oxygens (including phenoxy) is 1. The summed E-state index contributed by atoms with van der Waals surface area (Å²) in [5.74, 6) is -1.09. The number of hydrogen-bond donors (Lipinski definition) is 1. The van der Waals surface area contributed by atoms with Crippen molar-refractivity contribution in [3.63, 3.8) is 0 Å². The lowest BCUT2D eigenvalue weighted by molar-refractivity contribution is 0.0454. The van der Waals surface area contributed by atoms with E-state index >= 15 is 0 Å². The van der Waals surface area contributed by atoms with Crippen molar-refractivity contribution in [2.45, 2.75) is 19.6 Å². The molecule has 0 radical (unpaired) electrons. The van der Waals surface area contributed by atoms with Gasteiger partial charge in [-0.05, 0) is 12.5 Å². The minimum atomic E-state index is -1.09. The van der Waals surface area contributed by atoms with Crippen LogP contribution in [-0.4, -0.2) is 25.7 Å². The molecule has 0 bridgehead atoms. The molecule has 3 aromatic rings. The maximum Gasteiger partial charge on any atom is 0.339 e. The summed E-state index contributed by atoms with van der Waals surface area (Å²) in [4.78, 5) is 15.5. The van der Waals surface area contributed by atoms with E-state index in [4.69, 9.17) is 16.3 Å². The summed E-state index contributed by atoms with van der Waals surface area (Å²) in [7, 11) is 0. The largest absolute Gasteiger partial charge is 0.478 e. The molecule has 0 aliphatic heterocycles. The number of benzene rings is 1. The summed E-state index contributed by atoms with van der Waals surface area (Å²) in [5, 5.41) is 13.8. The molecule has 0 fully saturated rings. The molecule has 0 saturated heterocycles. The third-order valence-corrected chi connectivity index (χ3v) is 3.63. The molecule has 118 valence electrons. The average Bonchev–Trinajstić information content (AvgIpc) is 2.92. The molecule has 1 atom stereocenters. The van der Waals surface area contributed by atoms with Crippen molar-refractivity contribution in [1.82, 2.24) is 14.6 Å². The predicted octanol–water partition coefficient (Wildman–Crippen LogP) is 3.36. The van der Waals surface area contributed by atoms with Crippen molar-refractivity contribution in [3.05, 3.63) is 64.6 Å². The van der Waals surface area contributed by atoms with Crippen molar-refractivity contribution in [1.29, 1.82) is 0 Å². The van der Waals surface area contributed by atoms with Crippen LogP contribution in [0, 0.1) is 0 Å². The van der Waals surface area contributed by atoms with Gasteiger partial charge < -0.3 is 9.84 Å². The Morgan fingerprint density at radius 2 is 2.13 bits per heavy atom. The zero-order chi connectivity index (χ0) is 16.4. The van der Waals surface area contributed by atoms with Gasteiger partial charge in [-0.3, -0.25) is 0 Å². The molecule has 0 spiro atoms. The summed E-state index contributed by atoms with van der Waals surface area (Å²) < 4.78 is 7.25. The summed E-state index contributed by atoms with van der Waals surface area (Å²) in [6.45, 7) is 2.14. The van der Waals surface area contributed by atoms with Gasteiger partial charge in [0, 0.05) is 12.3 Å². The highest BCUT2D eigenvalue weighted by atomic mass is 35.5. The number of carboxylic acids is 1. The van der Waals surface area contributed by atoms with Crippen LogP contribution in [0.25, 0.3) is 5.65 Å². The van der Waals surface area contributed by atoms with Crippen molar-refractivity contribution in [2.75, 3.05) is 0 Å². The standard InChI is InChI=1S/C16H14ClN3O3/c1-10(23-9-11-5-3-2-4-6-11)15-12(16(21)22)8-18-14-7-13(17)19-20(14)15/h2-8,10H,9H2,1H3,(H,21,22)/t10-/m0/s1. The second-order valence-electron chi connectivity index (χ2n) is 5.04. The normalized spacial score (nSPS) is 12.4. The minimum absolute atomic E-state index is 0.0397. The second kappa shape index (κ2) is 6.36. The molecule has 6 nitrogen and oxygen atoms in total. The van der Waals surface area contributed by atoms with Crippen LogP contribution in [0.1, 0.15) is 34.6 Å². The van der Waals surface area contributed by atoms with Crippen LogP contribution in [0.2, 0.25) is 5.15 Å². The minimum Gasteiger partial charge on any atom is -0.478 e. The lowest BCUT2D eigenvalue weighted by Gasteiger charge is -2.16. The highest BCUT2D eigenvalue weighted by Crippen LogP contribution is 2.24. The topological polar surface area (TPSA) is 76.7 Å². The number of rotatable bonds is 5. The van der Waals surface area contributed by atoms with E-state index in [1.807, 2.05) is 30.3 Å². The van der Waals surface area contributed by atoms with Gasteiger partial charge in [0.25, 0.3) is 0 Å². The molecule has 23 heavy (non-hydrogen) atoms. The number of nitrogens with zero attached hydrogens (tertiary/aromatic N) is 3. The smallest absolute Gasteiger partial charge is 0.339 e. The Bertz CT molecular complexity index is 848. The van der Waals surface area contributed by atoms with Crippen LogP contribution in [0.4, 0.5) is 0 Å². The van der Waals surface area contributed by atoms with Gasteiger partial charge in [0.15, 0.2) is 10.8 Å². The number of hydrogen-bond acceptors (Lipinski definition) is 4. The van der Waals surface area contributed by atoms with Gasteiger partial charge in [-0.1, -0.05) is 41.9 Å². The van der Waals surface area contributed by atoms with Crippen molar-refractivity contribution in [3.8, 4) is 0 Å². The van der Waals surface area contributed by atoms with Gasteiger partial charge in [0.1, 0.15) is 5.56 Å². The number of aromatic nitrogens is 3. The Labute approximate surface area is 137 Å². The van der Waals surface area contributed by atoms with Crippen LogP contribution in [0.15, 0.2) is 42.6 Å². The van der Waals surface area contributed by atoms with Gasteiger partial charge in [0.2, 0.25) is 0 Å². The fourth-order valence-electron chi connectivity index (χ4n) is 2.35. The molecule has 2 aromatic heterocycles. The first-order valence-electron chi connectivity index (χ1n) is 6.99. The van der Waals surface area contributed by atoms with Crippen LogP contribution in [-0.2, 0) is 11.3 Å². The first-order valence-corrected chi connectivity index (χ1v) is 7.37. The molecule has 0 saturated carbocycles. The van der Waals surface area contributed by atoms with E-state index in [9.17, 15) is 9.90 Å². The number of aromatic carboxylic acids is 1. The number of carbonyl (C=O) groups is 1. The van der Waals surface area contributed by atoms with Gasteiger partial charge >= 0.3 is 5.97 Å². The molecule has 1 aromatic carbocycles. The molecule has 0 aliphatic carbocycles. The molecule has 2 heterocycles. The number of carboxylic acid groups (broad SMARTS) is 1. The summed E-state index contributed by atoms with van der Waals surface area (Å²) in [5.41, 5.74) is 1.92. The lowest BCUT2D eigenvalue weighted by Crippen LogP contribution is -2.15. The highest BCUT2D eigenvalue weighted by Gasteiger charge is 2.22. The van der Waals surface area contributed by atoms with E-state index < -0.39 is 12.1 Å². The third kappa shape index (κ3) is 3.18. The van der Waals surface area contributed by atoms with Gasteiger partial charge in [-0.25, -0.2) is 14.3 Å². The average molecular weight is 332 g/mol. The van der Waals surface area contributed by atoms with Crippen LogP contribution in [0.3, 0.4) is 0 Å². The third-order valence-electron chi connectivity index (χ3n) is 3.45. The Morgan fingerprint density at radius 3 is 2.83 bits per heavy atom. The Morgan fingerprint density at radius 1 is 1.39 bits per heavy atom. The molecule has 7 heteroatoms. The molecular formula is C16H14ClN3O3. The van der Waals surface area contributed by atoms with E-state index in [2.05, 4.69) is 10.1 Å². The predicted molar refractivity (Wildman–Crippen MR) is 84.6 cm³/mol. The van der Waals surface area contributed by atoms with Crippen molar-refractivity contribution in [2.24, 2.45) is 0 Å². The Hall–Kier alpha value is -2.44. The lowest BCUT2D eigenvalue weighted by atomic mass is 10.1. The first kappa shape index (κ1) is 15.5. The van der Waals surface area contributed by atoms with E-state index in [0.29, 0.717) is 17.9 Å². The zero-order valence-corrected chi connectivity index (χ0v) is 13.1. The maximum atomic E-state index is 11.5. The monoisotopic (exact) mass is 331 g/mol. The molecule has 3 rings (SSSR count). The van der Waals surface area contributed by atoms with E-state index in [1.54, 1.807) is 13.0 Å². The summed E-state index contributed by atoms with van der Waals surface area (Å²) >= 11 is 5.90. The van der Waals surface area contributed by atoms with Crippen LogP contribution < -0.4 is 0 Å². The zero-order valence-electron chi connectivity index (χ0n) is 12.3. The highest BCUT2D eigenvalue weighted by molar-refractivity contribution is 6.29. The quantitative estimate of drug-likeness (QED) is 0.775. The van der Waals surface area contributed by atoms with E-state index in [-0.39, 0.29) is 10.7 Å². The molecule has 0 amide bonds. The molecule has 0 unspecified atom stereocenters. The van der Waals surface area contributed by atoms with E-state index in [1.165, 1.54) is 10.7 Å². The van der Waals surface area contributed by atoms with Crippen molar-refractivity contribution < 1.29 is 14.6 Å². The molecular weight excluding hydrogens is 318 g/mol. The summed E-state index contributed by atoms with van der Waals surface area (Å²) in [6, 6.07) is 11.2. The number of halogens is 1. The summed E-state index contributed by atoms with van der Waals surface area (Å²) in [6.07, 6.45) is 0.802. The first-order chi connectivity index (χ1) is 11.1. The fourth-order valence-corrected chi connectivity index (χ4v) is 2.53. The fraction of sp³-hybridized carbons (Fsp3) is 0.188. The Balaban J connectivity index is 1.96. The SMILES string of the molecule is C[C@H](OCc1ccccc1)c1c(C(=O)O)cnc2cc(Cl)nn12. The van der Waals surface area contributed by atoms with E-state index in [0.717, 1.165) is 5.56 Å². The van der Waals surface area contributed by atoms with Crippen molar-refractivity contribution >= 4 is 23.2 Å². The Kier molecular flexibility index (Phi) is 4.27. The molecule has 1 N–H and O–H groups in total. The molecule has 0 aliphatic rings. The van der Waals surface area contributed by atoms with Gasteiger partial charge in [-0.2, -0.15) is 5.10 Å². The second-order valence-corrected chi connectivity index (χ2v) is 5.43. The van der Waals surface area contributed by atoms with Crippen LogP contribution in [0.5, 0.6) is 0 Å². The van der Waals surface area contributed by atoms with Crippen LogP contribution >= 0.6 is 11.6 Å².